The minimum Gasteiger partial charge on any atom is -0.465 e. The van der Waals surface area contributed by atoms with E-state index < -0.39 is 65.0 Å². The number of carbonyl (C=O) groups excluding carboxylic acids is 7. The lowest BCUT2D eigenvalue weighted by molar-refractivity contribution is -0.153. The smallest absolute Gasteiger partial charge is 0.306 e. The Bertz CT molecular complexity index is 1200. The van der Waals surface area contributed by atoms with Gasteiger partial charge in [0, 0.05) is 38.1 Å². The molecule has 2 fully saturated rings. The number of primary amides is 1. The third-order valence-corrected chi connectivity index (χ3v) is 9.77. The van der Waals surface area contributed by atoms with E-state index in [2.05, 4.69) is 5.32 Å². The van der Waals surface area contributed by atoms with Crippen LogP contribution in [-0.2, 0) is 43.0 Å². The second-order valence-electron chi connectivity index (χ2n) is 16.0. The topological polar surface area (TPSA) is 179 Å². The summed E-state index contributed by atoms with van der Waals surface area (Å²) in [4.78, 5) is 93.8. The molecule has 1 aliphatic heterocycles. The van der Waals surface area contributed by atoms with Crippen molar-refractivity contribution in [2.45, 2.75) is 169 Å². The van der Waals surface area contributed by atoms with Crippen molar-refractivity contribution in [3.63, 3.8) is 0 Å². The molecule has 51 heavy (non-hydrogen) atoms. The molecule has 3 N–H and O–H groups in total. The lowest BCUT2D eigenvalue weighted by Gasteiger charge is -2.34. The van der Waals surface area contributed by atoms with E-state index in [-0.39, 0.29) is 75.2 Å². The molecular formula is C39H65N3O9. The van der Waals surface area contributed by atoms with Gasteiger partial charge in [-0.1, -0.05) is 66.2 Å². The van der Waals surface area contributed by atoms with Crippen LogP contribution in [0.4, 0.5) is 0 Å². The summed E-state index contributed by atoms with van der Waals surface area (Å²) in [6.07, 6.45) is 6.26. The number of Topliss-reactive ketones (excluding diaryl/α,β-unsaturated/α-hetero) is 3. The molecule has 1 saturated heterocycles. The molecule has 3 unspecified atom stereocenters. The summed E-state index contributed by atoms with van der Waals surface area (Å²) in [5.74, 6) is -5.10. The quantitative estimate of drug-likeness (QED) is 0.115. The van der Waals surface area contributed by atoms with Crippen LogP contribution in [0.15, 0.2) is 0 Å². The maximum atomic E-state index is 14.4. The molecule has 290 valence electrons. The zero-order valence-corrected chi connectivity index (χ0v) is 32.3. The Hall–Kier alpha value is -3.15. The minimum absolute atomic E-state index is 0.00896. The van der Waals surface area contributed by atoms with Crippen molar-refractivity contribution in [1.82, 2.24) is 10.2 Å². The highest BCUT2D eigenvalue weighted by Gasteiger charge is 2.46. The number of rotatable bonds is 22. The highest BCUT2D eigenvalue weighted by atomic mass is 16.5. The summed E-state index contributed by atoms with van der Waals surface area (Å²) < 4.78 is 11.8. The number of carbonyl (C=O) groups is 7. The van der Waals surface area contributed by atoms with Crippen LogP contribution in [0.3, 0.4) is 0 Å². The maximum Gasteiger partial charge on any atom is 0.306 e. The predicted octanol–water partition coefficient (Wildman–Crippen LogP) is 5.01. The largest absolute Gasteiger partial charge is 0.465 e. The van der Waals surface area contributed by atoms with Crippen molar-refractivity contribution in [3.05, 3.63) is 0 Å². The Kier molecular flexibility index (Phi) is 18.5. The van der Waals surface area contributed by atoms with E-state index >= 15 is 0 Å². The standard InChI is InChI=1S/C39H65N3O9/c1-8-10-17-30(37(40)48)41-34(45)19-18-32(43)36(47)27(14-9-2)20-33(44)31-21-28(51-39(5,6)7)23-42(31)38(49)29(26-15-12-11-13-16-26)22-35(46)50-24-25(3)4/h25-31H,8-24H2,1-7H3,(H2,40,48)(H,41,45)/t27?,28-,29?,30?,31+/m1/s1. The average molecular weight is 720 g/mol. The van der Waals surface area contributed by atoms with Crippen molar-refractivity contribution < 1.29 is 43.0 Å². The predicted molar refractivity (Wildman–Crippen MR) is 193 cm³/mol. The lowest BCUT2D eigenvalue weighted by Crippen LogP contribution is -2.47. The van der Waals surface area contributed by atoms with Gasteiger partial charge in [0.1, 0.15) is 6.04 Å². The fourth-order valence-corrected chi connectivity index (χ4v) is 7.23. The molecule has 1 heterocycles. The molecule has 0 aromatic carbocycles. The first-order valence-electron chi connectivity index (χ1n) is 19.3. The normalized spacial score (nSPS) is 20.0. The van der Waals surface area contributed by atoms with Crippen molar-refractivity contribution in [2.24, 2.45) is 29.4 Å². The van der Waals surface area contributed by atoms with Crippen LogP contribution in [0, 0.1) is 23.7 Å². The summed E-state index contributed by atoms with van der Waals surface area (Å²) in [6, 6.07) is -1.72. The Morgan fingerprint density at radius 2 is 1.57 bits per heavy atom. The molecule has 1 saturated carbocycles. The number of hydrogen-bond donors (Lipinski definition) is 2. The monoisotopic (exact) mass is 719 g/mol. The molecule has 12 nitrogen and oxygen atoms in total. The van der Waals surface area contributed by atoms with Gasteiger partial charge in [-0.05, 0) is 58.3 Å². The van der Waals surface area contributed by atoms with E-state index in [0.717, 1.165) is 38.5 Å². The Morgan fingerprint density at radius 1 is 0.902 bits per heavy atom. The van der Waals surface area contributed by atoms with Gasteiger partial charge < -0.3 is 25.4 Å². The number of hydrogen-bond acceptors (Lipinski definition) is 9. The summed E-state index contributed by atoms with van der Waals surface area (Å²) >= 11 is 0. The van der Waals surface area contributed by atoms with Gasteiger partial charge >= 0.3 is 5.97 Å². The number of amides is 3. The molecule has 2 rings (SSSR count). The van der Waals surface area contributed by atoms with Crippen molar-refractivity contribution in [3.8, 4) is 0 Å². The van der Waals surface area contributed by atoms with Crippen LogP contribution < -0.4 is 11.1 Å². The van der Waals surface area contributed by atoms with Gasteiger partial charge in [-0.15, -0.1) is 0 Å². The molecule has 5 atom stereocenters. The van der Waals surface area contributed by atoms with Crippen LogP contribution in [-0.4, -0.2) is 82.9 Å². The summed E-state index contributed by atoms with van der Waals surface area (Å²) in [7, 11) is 0. The minimum atomic E-state index is -0.902. The van der Waals surface area contributed by atoms with Crippen molar-refractivity contribution in [2.75, 3.05) is 13.2 Å². The summed E-state index contributed by atoms with van der Waals surface area (Å²) in [5.41, 5.74) is 4.87. The number of nitrogens with two attached hydrogens (primary N) is 1. The summed E-state index contributed by atoms with van der Waals surface area (Å²) in [5, 5.41) is 2.55. The Labute approximate surface area is 305 Å². The van der Waals surface area contributed by atoms with Crippen LogP contribution in [0.25, 0.3) is 0 Å². The molecule has 0 bridgehead atoms. The number of nitrogens with zero attached hydrogens (tertiary/aromatic N) is 1. The van der Waals surface area contributed by atoms with Gasteiger partial charge in [-0.2, -0.15) is 0 Å². The molecule has 1 aliphatic carbocycles. The number of ketones is 3. The second kappa shape index (κ2) is 21.4. The van der Waals surface area contributed by atoms with Crippen LogP contribution >= 0.6 is 0 Å². The zero-order valence-electron chi connectivity index (χ0n) is 32.3. The first-order valence-corrected chi connectivity index (χ1v) is 19.3. The molecule has 0 aromatic heterocycles. The number of esters is 1. The highest BCUT2D eigenvalue weighted by molar-refractivity contribution is 6.38. The molecule has 0 aromatic rings. The number of unbranched alkanes of at least 4 members (excludes halogenated alkanes) is 1. The fraction of sp³-hybridized carbons (Fsp3) is 0.821. The van der Waals surface area contributed by atoms with E-state index in [1.165, 1.54) is 0 Å². The van der Waals surface area contributed by atoms with Gasteiger partial charge in [-0.25, -0.2) is 0 Å². The molecule has 0 radical (unpaired) electrons. The van der Waals surface area contributed by atoms with Gasteiger partial charge in [-0.3, -0.25) is 33.6 Å². The maximum absolute atomic E-state index is 14.4. The van der Waals surface area contributed by atoms with Gasteiger partial charge in [0.25, 0.3) is 0 Å². The molecular weight excluding hydrogens is 654 g/mol. The second-order valence-corrected chi connectivity index (χ2v) is 16.0. The van der Waals surface area contributed by atoms with Crippen LogP contribution in [0.1, 0.15) is 145 Å². The molecule has 3 amide bonds. The Balaban J connectivity index is 2.24. The average Bonchev–Trinajstić information content (AvgIpc) is 3.48. The number of ether oxygens (including phenoxy) is 2. The first-order chi connectivity index (χ1) is 24.0. The van der Waals surface area contributed by atoms with E-state index in [1.54, 1.807) is 4.90 Å². The third kappa shape index (κ3) is 15.2. The Morgan fingerprint density at radius 3 is 2.14 bits per heavy atom. The highest BCUT2D eigenvalue weighted by Crippen LogP contribution is 2.36. The van der Waals surface area contributed by atoms with Crippen molar-refractivity contribution in [1.29, 1.82) is 0 Å². The molecule has 2 aliphatic rings. The lowest BCUT2D eigenvalue weighted by atomic mass is 9.77. The summed E-state index contributed by atoms with van der Waals surface area (Å²) in [6.45, 7) is 13.9. The van der Waals surface area contributed by atoms with E-state index in [1.807, 2.05) is 48.5 Å². The first kappa shape index (κ1) is 44.0. The zero-order chi connectivity index (χ0) is 38.3. The van der Waals surface area contributed by atoms with E-state index in [0.29, 0.717) is 19.3 Å². The van der Waals surface area contributed by atoms with Gasteiger partial charge in [0.05, 0.1) is 36.7 Å². The van der Waals surface area contributed by atoms with Gasteiger partial charge in [0.15, 0.2) is 11.6 Å². The van der Waals surface area contributed by atoms with E-state index in [4.69, 9.17) is 15.2 Å². The number of likely N-dealkylation sites (tertiary alicyclic amines) is 1. The van der Waals surface area contributed by atoms with Crippen LogP contribution in [0.5, 0.6) is 0 Å². The molecule has 0 spiro atoms. The SMILES string of the molecule is CCCCC(NC(=O)CCC(=O)C(=O)C(CCC)CC(=O)[C@@H]1C[C@@H](OC(C)(C)C)CN1C(=O)C(CC(=O)OCC(C)C)C1CCCCC1)C(N)=O. The van der Waals surface area contributed by atoms with Crippen LogP contribution in [0.2, 0.25) is 0 Å². The third-order valence-electron chi connectivity index (χ3n) is 9.77. The molecule has 12 heteroatoms. The van der Waals surface area contributed by atoms with Gasteiger partial charge in [0.2, 0.25) is 23.5 Å². The fourth-order valence-electron chi connectivity index (χ4n) is 7.23. The van der Waals surface area contributed by atoms with E-state index in [9.17, 15) is 33.6 Å². The van der Waals surface area contributed by atoms with Crippen molar-refractivity contribution >= 4 is 41.0 Å². The number of nitrogens with one attached hydrogen (secondary N) is 1.